The van der Waals surface area contributed by atoms with E-state index >= 15 is 0 Å². The quantitative estimate of drug-likeness (QED) is 0.881. The van der Waals surface area contributed by atoms with Crippen molar-refractivity contribution in [3.8, 4) is 0 Å². The highest BCUT2D eigenvalue weighted by Gasteiger charge is 1.98. The van der Waals surface area contributed by atoms with Gasteiger partial charge in [0.25, 0.3) is 0 Å². The van der Waals surface area contributed by atoms with Crippen LogP contribution < -0.4 is 5.73 Å². The number of hydrogen-bond acceptors (Lipinski definition) is 3. The third kappa shape index (κ3) is 3.53. The average Bonchev–Trinajstić information content (AvgIpc) is 2.29. The number of halogens is 1. The topological polar surface area (TPSA) is 48.1 Å². The van der Waals surface area contributed by atoms with Crippen molar-refractivity contribution in [3.63, 3.8) is 0 Å². The second kappa shape index (κ2) is 5.41. The first kappa shape index (κ1) is 11.5. The van der Waals surface area contributed by atoms with E-state index < -0.39 is 0 Å². The summed E-state index contributed by atoms with van der Waals surface area (Å²) in [4.78, 5) is 4.10. The second-order valence-corrected chi connectivity index (χ2v) is 3.68. The van der Waals surface area contributed by atoms with Gasteiger partial charge < -0.3 is 10.5 Å². The third-order valence-electron chi connectivity index (χ3n) is 2.24. The first-order chi connectivity index (χ1) is 8.24. The van der Waals surface area contributed by atoms with Crippen molar-refractivity contribution in [2.75, 3.05) is 5.73 Å². The van der Waals surface area contributed by atoms with E-state index in [1.54, 1.807) is 12.1 Å². The molecule has 2 N–H and O–H groups in total. The van der Waals surface area contributed by atoms with E-state index in [-0.39, 0.29) is 5.82 Å². The molecule has 0 spiro atoms. The summed E-state index contributed by atoms with van der Waals surface area (Å²) in [6, 6.07) is 11.7. The minimum absolute atomic E-state index is 0.256. The first-order valence-electron chi connectivity index (χ1n) is 5.27. The molecule has 0 aliphatic heterocycles. The number of nitrogens with two attached hydrogens (primary N) is 1. The predicted molar refractivity (Wildman–Crippen MR) is 63.5 cm³/mol. The standard InChI is InChI=1S/C13H13FN2O/c14-11-4-1-3-10(7-11)8-17-9-12-5-2-6-13(15)16-12/h1-7H,8-9H2,(H2,15,16). The van der Waals surface area contributed by atoms with E-state index in [1.165, 1.54) is 12.1 Å². The molecule has 2 aromatic rings. The largest absolute Gasteiger partial charge is 0.384 e. The van der Waals surface area contributed by atoms with Crippen LogP contribution in [0.2, 0.25) is 0 Å². The third-order valence-corrected chi connectivity index (χ3v) is 2.24. The predicted octanol–water partition coefficient (Wildman–Crippen LogP) is 2.52. The van der Waals surface area contributed by atoms with Gasteiger partial charge in [0.1, 0.15) is 11.6 Å². The van der Waals surface area contributed by atoms with E-state index in [0.717, 1.165) is 11.3 Å². The molecule has 0 amide bonds. The number of nitrogens with zero attached hydrogens (tertiary/aromatic N) is 1. The molecule has 0 saturated heterocycles. The van der Waals surface area contributed by atoms with Crippen molar-refractivity contribution in [2.24, 2.45) is 0 Å². The summed E-state index contributed by atoms with van der Waals surface area (Å²) in [6.45, 7) is 0.718. The molecule has 1 heterocycles. The molecular weight excluding hydrogens is 219 g/mol. The molecule has 0 radical (unpaired) electrons. The van der Waals surface area contributed by atoms with Crippen LogP contribution in [-0.2, 0) is 18.0 Å². The lowest BCUT2D eigenvalue weighted by molar-refractivity contribution is 0.104. The zero-order valence-electron chi connectivity index (χ0n) is 9.27. The number of rotatable bonds is 4. The van der Waals surface area contributed by atoms with Gasteiger partial charge in [-0.25, -0.2) is 9.37 Å². The molecule has 2 rings (SSSR count). The fourth-order valence-corrected chi connectivity index (χ4v) is 1.48. The van der Waals surface area contributed by atoms with Crippen LogP contribution in [0, 0.1) is 5.82 Å². The Morgan fingerprint density at radius 1 is 1.12 bits per heavy atom. The van der Waals surface area contributed by atoms with Crippen LogP contribution in [0.4, 0.5) is 10.2 Å². The van der Waals surface area contributed by atoms with Crippen molar-refractivity contribution in [1.82, 2.24) is 4.98 Å². The van der Waals surface area contributed by atoms with Crippen LogP contribution in [0.1, 0.15) is 11.3 Å². The minimum atomic E-state index is -0.256. The van der Waals surface area contributed by atoms with Gasteiger partial charge in [0, 0.05) is 0 Å². The van der Waals surface area contributed by atoms with Gasteiger partial charge in [0.05, 0.1) is 18.9 Å². The van der Waals surface area contributed by atoms with E-state index in [9.17, 15) is 4.39 Å². The van der Waals surface area contributed by atoms with Gasteiger partial charge in [-0.15, -0.1) is 0 Å². The fourth-order valence-electron chi connectivity index (χ4n) is 1.48. The minimum Gasteiger partial charge on any atom is -0.384 e. The Hall–Kier alpha value is -1.94. The van der Waals surface area contributed by atoms with Crippen molar-refractivity contribution < 1.29 is 9.13 Å². The molecule has 3 nitrogen and oxygen atoms in total. The SMILES string of the molecule is Nc1cccc(COCc2cccc(F)c2)n1. The number of ether oxygens (including phenoxy) is 1. The van der Waals surface area contributed by atoms with Gasteiger partial charge in [-0.05, 0) is 29.8 Å². The van der Waals surface area contributed by atoms with Gasteiger partial charge in [-0.2, -0.15) is 0 Å². The smallest absolute Gasteiger partial charge is 0.123 e. The van der Waals surface area contributed by atoms with Crippen LogP contribution in [0.3, 0.4) is 0 Å². The first-order valence-corrected chi connectivity index (χ1v) is 5.27. The summed E-state index contributed by atoms with van der Waals surface area (Å²) in [5.74, 6) is 0.213. The van der Waals surface area contributed by atoms with E-state index in [0.29, 0.717) is 19.0 Å². The van der Waals surface area contributed by atoms with Gasteiger partial charge in [0.2, 0.25) is 0 Å². The van der Waals surface area contributed by atoms with Crippen molar-refractivity contribution in [1.29, 1.82) is 0 Å². The lowest BCUT2D eigenvalue weighted by Crippen LogP contribution is -1.99. The molecule has 4 heteroatoms. The summed E-state index contributed by atoms with van der Waals surface area (Å²) < 4.78 is 18.3. The fraction of sp³-hybridized carbons (Fsp3) is 0.154. The van der Waals surface area contributed by atoms with Crippen LogP contribution in [0.15, 0.2) is 42.5 Å². The summed E-state index contributed by atoms with van der Waals surface area (Å²) >= 11 is 0. The van der Waals surface area contributed by atoms with Gasteiger partial charge in [-0.1, -0.05) is 18.2 Å². The van der Waals surface area contributed by atoms with Crippen molar-refractivity contribution >= 4 is 5.82 Å². The summed E-state index contributed by atoms with van der Waals surface area (Å²) in [5.41, 5.74) is 7.11. The number of hydrogen-bond donors (Lipinski definition) is 1. The molecule has 0 atom stereocenters. The number of pyridine rings is 1. The molecule has 88 valence electrons. The Labute approximate surface area is 99.1 Å². The number of aromatic nitrogens is 1. The van der Waals surface area contributed by atoms with Crippen LogP contribution in [-0.4, -0.2) is 4.98 Å². The maximum Gasteiger partial charge on any atom is 0.123 e. The Bertz CT molecular complexity index is 457. The molecule has 0 aliphatic rings. The zero-order chi connectivity index (χ0) is 12.1. The van der Waals surface area contributed by atoms with E-state index in [2.05, 4.69) is 4.98 Å². The molecule has 1 aromatic heterocycles. The van der Waals surface area contributed by atoms with Crippen LogP contribution in [0.25, 0.3) is 0 Å². The normalized spacial score (nSPS) is 10.4. The van der Waals surface area contributed by atoms with E-state index in [4.69, 9.17) is 10.5 Å². The highest BCUT2D eigenvalue weighted by molar-refractivity contribution is 5.28. The Balaban J connectivity index is 1.87. The van der Waals surface area contributed by atoms with Crippen molar-refractivity contribution in [3.05, 3.63) is 59.5 Å². The second-order valence-electron chi connectivity index (χ2n) is 3.68. The molecule has 1 aromatic carbocycles. The summed E-state index contributed by atoms with van der Waals surface area (Å²) in [5, 5.41) is 0. The molecule has 0 saturated carbocycles. The van der Waals surface area contributed by atoms with Crippen molar-refractivity contribution in [2.45, 2.75) is 13.2 Å². The van der Waals surface area contributed by atoms with E-state index in [1.807, 2.05) is 18.2 Å². The molecule has 0 unspecified atom stereocenters. The molecule has 0 aliphatic carbocycles. The lowest BCUT2D eigenvalue weighted by atomic mass is 10.2. The highest BCUT2D eigenvalue weighted by Crippen LogP contribution is 2.07. The maximum absolute atomic E-state index is 12.9. The molecule has 17 heavy (non-hydrogen) atoms. The van der Waals surface area contributed by atoms with Gasteiger partial charge in [0.15, 0.2) is 0 Å². The monoisotopic (exact) mass is 232 g/mol. The Kier molecular flexibility index (Phi) is 3.67. The zero-order valence-corrected chi connectivity index (χ0v) is 9.27. The van der Waals surface area contributed by atoms with Crippen LogP contribution in [0.5, 0.6) is 0 Å². The molecule has 0 fully saturated rings. The lowest BCUT2D eigenvalue weighted by Gasteiger charge is -2.04. The summed E-state index contributed by atoms with van der Waals surface area (Å²) in [6.07, 6.45) is 0. The Morgan fingerprint density at radius 2 is 1.94 bits per heavy atom. The number of benzene rings is 1. The average molecular weight is 232 g/mol. The van der Waals surface area contributed by atoms with Gasteiger partial charge in [-0.3, -0.25) is 0 Å². The van der Waals surface area contributed by atoms with Crippen LogP contribution >= 0.6 is 0 Å². The highest BCUT2D eigenvalue weighted by atomic mass is 19.1. The number of nitrogen functional groups attached to an aromatic ring is 1. The molecule has 0 bridgehead atoms. The van der Waals surface area contributed by atoms with Gasteiger partial charge >= 0.3 is 0 Å². The maximum atomic E-state index is 12.9. The number of anilines is 1. The molecular formula is C13H13FN2O. The Morgan fingerprint density at radius 3 is 2.71 bits per heavy atom. The summed E-state index contributed by atoms with van der Waals surface area (Å²) in [7, 11) is 0.